The first-order chi connectivity index (χ1) is 55.7. The molecule has 5 saturated heterocycles. The second-order valence-electron chi connectivity index (χ2n) is 30.0. The number of hydrogen-bond acceptors (Lipinski definition) is 27. The topological polar surface area (TPSA) is 709 Å². The molecule has 1 aromatic rings. The maximum Gasteiger partial charge on any atom is 0.325 e. The Morgan fingerprint density at radius 1 is 0.610 bits per heavy atom. The van der Waals surface area contributed by atoms with E-state index in [0.717, 1.165) is 43.9 Å². The van der Waals surface area contributed by atoms with Gasteiger partial charge in [0.15, 0.2) is 12.2 Å². The molecule has 658 valence electrons. The third-order valence-electron chi connectivity index (χ3n) is 20.5. The average Bonchev–Trinajstić information content (AvgIpc) is 1.19. The number of carbonyl (C=O) groups excluding carboxylic acids is 15. The van der Waals surface area contributed by atoms with Crippen molar-refractivity contribution in [2.75, 3.05) is 52.5 Å². The standard InChI is InChI=1S/C71H113N21O26/c1-31(2)50(87-48(97)27-77-57(103)41(24-38-26-74-30-78-38)84-56(102)32(3)79-60(106)44-16-12-22-91(44)67(113)39-14-9-19-75-39)63(109)89-52(36(7)117-70-53(82-37(8)96)55(101)54(100)47(29-94)118-70)65(111)86-43(28-93)59(105)80-33(4)66(112)90-21-11-18-46(90)62(108)85-42(25-49(98)99)58(104)88-51(35(6)95)64(110)83-40(15-10-20-76-71(72)73)68(114)92-23-13-17-45(92)61(107)81-34(5)69(115)116/h26,30-36,39-47,50-55,70,75,93-95,100-101H,9-25,27-29H2,1-8H3,(H,74,78)(H,77,103)(H,79,106)(H,80,105)(H,81,107)(H,82,96)(H,83,110)(H,84,102)(H,85,108)(H,86,111)(H,87,97)(H,88,104)(H,89,109)(H,98,99)(H,115,116)(H4,72,73,76)/t32-,33-,34-,35+,36+,39-,40-,41-,42-,43-,44-,45-,46-,47+,50-,51-,52-,53+,54-,55+,70+/m0/s1. The summed E-state index contributed by atoms with van der Waals surface area (Å²) in [5.74, 6) is -18.5. The third-order valence-corrected chi connectivity index (χ3v) is 20.5. The third kappa shape index (κ3) is 27.1. The number of aliphatic hydroxyl groups is 5. The van der Waals surface area contributed by atoms with Gasteiger partial charge in [-0.05, 0) is 111 Å². The Bertz CT molecular complexity index is 3770. The molecule has 0 radical (unpaired) electrons. The molecule has 5 fully saturated rings. The quantitative estimate of drug-likeness (QED) is 0.0164. The van der Waals surface area contributed by atoms with Crippen molar-refractivity contribution < 1.29 is 127 Å². The number of amides is 15. The Hall–Kier alpha value is -10.8. The molecule has 6 rings (SSSR count). The molecule has 6 heterocycles. The van der Waals surface area contributed by atoms with Crippen molar-refractivity contribution in [1.82, 2.24) is 93.8 Å². The second kappa shape index (κ2) is 45.2. The van der Waals surface area contributed by atoms with Crippen molar-refractivity contribution in [3.8, 4) is 0 Å². The summed E-state index contributed by atoms with van der Waals surface area (Å²) >= 11 is 0. The molecule has 0 spiro atoms. The molecule has 25 N–H and O–H groups in total. The van der Waals surface area contributed by atoms with Crippen LogP contribution in [0.4, 0.5) is 0 Å². The summed E-state index contributed by atoms with van der Waals surface area (Å²) in [5.41, 5.74) is 11.3. The molecule has 15 amide bonds. The predicted molar refractivity (Wildman–Crippen MR) is 406 cm³/mol. The van der Waals surface area contributed by atoms with Crippen molar-refractivity contribution in [2.24, 2.45) is 22.4 Å². The van der Waals surface area contributed by atoms with Gasteiger partial charge < -0.3 is 145 Å². The summed E-state index contributed by atoms with van der Waals surface area (Å²) in [7, 11) is 0. The fourth-order valence-electron chi connectivity index (χ4n) is 14.1. The van der Waals surface area contributed by atoms with E-state index in [1.165, 1.54) is 45.1 Å². The summed E-state index contributed by atoms with van der Waals surface area (Å²) in [6.45, 7) is 7.70. The molecule has 0 saturated carbocycles. The van der Waals surface area contributed by atoms with E-state index in [0.29, 0.717) is 44.5 Å². The minimum atomic E-state index is -2.06. The molecule has 0 aromatic carbocycles. The summed E-state index contributed by atoms with van der Waals surface area (Å²) in [4.78, 5) is 246. The SMILES string of the molecule is CC(=O)N[C@H]1[C@H](O[C@H](C)[C@H](NC(=O)[C@@H](NC(=O)CNC(=O)[C@H](Cc2cnc[nH]2)NC(=O)[C@H](C)NC(=O)[C@@H]2CCCN2C(=O)[C@@H]2CCCN2)C(C)C)C(=O)N[C@@H](CO)C(=O)N[C@@H](C)C(=O)N2CCC[C@H]2C(=O)N[C@@H](CC(=O)O)C(=O)N[C@H](C(=O)N[C@@H](CCCN=C(N)N)C(=O)N2CCC[C@H]2C(=O)N[C@@H](C)C(=O)O)[C@@H](C)O)O[C@H](CO)[C@H](O)[C@@H]1O. The molecule has 5 aliphatic heterocycles. The van der Waals surface area contributed by atoms with E-state index in [9.17, 15) is 117 Å². The van der Waals surface area contributed by atoms with Crippen molar-refractivity contribution in [3.05, 3.63) is 18.2 Å². The van der Waals surface area contributed by atoms with Crippen molar-refractivity contribution in [2.45, 2.75) is 260 Å². The van der Waals surface area contributed by atoms with Crippen LogP contribution in [0, 0.1) is 5.92 Å². The number of rotatable bonds is 42. The Morgan fingerprint density at radius 2 is 1.17 bits per heavy atom. The number of guanidine groups is 1. The summed E-state index contributed by atoms with van der Waals surface area (Å²) in [5, 5.41) is 105. The highest BCUT2D eigenvalue weighted by atomic mass is 16.7. The number of ether oxygens (including phenoxy) is 2. The zero-order chi connectivity index (χ0) is 87.7. The van der Waals surface area contributed by atoms with E-state index < -0.39 is 254 Å². The predicted octanol–water partition coefficient (Wildman–Crippen LogP) is -11.3. The number of aromatic nitrogens is 2. The Labute approximate surface area is 677 Å². The average molecular weight is 1680 g/mol. The van der Waals surface area contributed by atoms with Crippen LogP contribution in [0.15, 0.2) is 17.5 Å². The lowest BCUT2D eigenvalue weighted by Gasteiger charge is -2.43. The normalized spacial score (nSPS) is 23.4. The fraction of sp³-hybridized carbons (Fsp3) is 0.704. The summed E-state index contributed by atoms with van der Waals surface area (Å²) < 4.78 is 11.8. The van der Waals surface area contributed by atoms with Crippen LogP contribution in [0.25, 0.3) is 0 Å². The molecule has 0 bridgehead atoms. The lowest BCUT2D eigenvalue weighted by molar-refractivity contribution is -0.281. The number of aliphatic carboxylic acids is 2. The molecule has 47 nitrogen and oxygen atoms in total. The smallest absolute Gasteiger partial charge is 0.325 e. The van der Waals surface area contributed by atoms with Gasteiger partial charge in [-0.15, -0.1) is 0 Å². The molecule has 5 aliphatic rings. The van der Waals surface area contributed by atoms with Gasteiger partial charge in [-0.1, -0.05) is 13.8 Å². The number of nitrogens with one attached hydrogen (secondary N) is 14. The first kappa shape index (κ1) is 96.0. The number of nitrogens with two attached hydrogens (primary N) is 2. The maximum atomic E-state index is 14.7. The van der Waals surface area contributed by atoms with Gasteiger partial charge in [0.2, 0.25) is 88.6 Å². The number of likely N-dealkylation sites (tertiary alicyclic amines) is 3. The van der Waals surface area contributed by atoms with Crippen LogP contribution in [-0.4, -0.2) is 347 Å². The monoisotopic (exact) mass is 1680 g/mol. The number of nitrogens with zero attached hydrogens (tertiary/aromatic N) is 5. The van der Waals surface area contributed by atoms with Crippen LogP contribution < -0.4 is 80.6 Å². The van der Waals surface area contributed by atoms with E-state index in [-0.39, 0.29) is 70.0 Å². The first-order valence-electron chi connectivity index (χ1n) is 38.9. The molecular weight excluding hydrogens is 1560 g/mol. The number of aliphatic imine (C=N–C) groups is 1. The number of imidazole rings is 1. The highest BCUT2D eigenvalue weighted by molar-refractivity contribution is 6.01. The minimum absolute atomic E-state index is 0.00000390. The number of carboxylic acid groups (broad SMARTS) is 2. The Morgan fingerprint density at radius 3 is 1.72 bits per heavy atom. The number of carboxylic acids is 2. The summed E-state index contributed by atoms with van der Waals surface area (Å²) in [6, 6.07) is -22.4. The highest BCUT2D eigenvalue weighted by Crippen LogP contribution is 2.27. The van der Waals surface area contributed by atoms with Crippen LogP contribution in [0.1, 0.15) is 132 Å². The second-order valence-corrected chi connectivity index (χ2v) is 30.0. The van der Waals surface area contributed by atoms with Gasteiger partial charge in [-0.25, -0.2) is 4.98 Å². The molecule has 0 unspecified atom stereocenters. The number of H-pyrrole nitrogens is 1. The molecular formula is C71H113N21O26. The molecule has 0 aliphatic carbocycles. The van der Waals surface area contributed by atoms with Crippen molar-refractivity contribution >= 4 is 107 Å². The van der Waals surface area contributed by atoms with Crippen LogP contribution >= 0.6 is 0 Å². The van der Waals surface area contributed by atoms with E-state index in [2.05, 4.69) is 84.1 Å². The number of hydrogen-bond donors (Lipinski definition) is 23. The molecule has 21 atom stereocenters. The largest absolute Gasteiger partial charge is 0.481 e. The zero-order valence-corrected chi connectivity index (χ0v) is 66.8. The number of aliphatic hydroxyl groups excluding tert-OH is 5. The van der Waals surface area contributed by atoms with E-state index in [4.69, 9.17) is 20.9 Å². The minimum Gasteiger partial charge on any atom is -0.481 e. The molecule has 1 aromatic heterocycles. The van der Waals surface area contributed by atoms with Gasteiger partial charge >= 0.3 is 11.9 Å². The van der Waals surface area contributed by atoms with Gasteiger partial charge in [-0.3, -0.25) is 86.5 Å². The molecule has 118 heavy (non-hydrogen) atoms. The van der Waals surface area contributed by atoms with E-state index in [1.54, 1.807) is 0 Å². The lowest BCUT2D eigenvalue weighted by atomic mass is 9.96. The van der Waals surface area contributed by atoms with Gasteiger partial charge in [0.1, 0.15) is 103 Å². The zero-order valence-electron chi connectivity index (χ0n) is 66.8. The van der Waals surface area contributed by atoms with E-state index in [1.807, 2.05) is 0 Å². The Balaban J connectivity index is 1.14. The first-order valence-corrected chi connectivity index (χ1v) is 38.9. The van der Waals surface area contributed by atoms with Gasteiger partial charge in [0.05, 0.1) is 50.8 Å². The lowest BCUT2D eigenvalue weighted by Crippen LogP contribution is -2.66. The van der Waals surface area contributed by atoms with Crippen molar-refractivity contribution in [1.29, 1.82) is 0 Å². The Kier molecular flexibility index (Phi) is 36.8. The van der Waals surface area contributed by atoms with E-state index >= 15 is 0 Å². The van der Waals surface area contributed by atoms with Crippen LogP contribution in [0.2, 0.25) is 0 Å². The highest BCUT2D eigenvalue weighted by Gasteiger charge is 2.49. The van der Waals surface area contributed by atoms with Crippen LogP contribution in [0.5, 0.6) is 0 Å². The van der Waals surface area contributed by atoms with Gasteiger partial charge in [-0.2, -0.15) is 0 Å². The maximum absolute atomic E-state index is 14.7. The van der Waals surface area contributed by atoms with Crippen LogP contribution in [-0.2, 0) is 97.4 Å². The summed E-state index contributed by atoms with van der Waals surface area (Å²) in [6.07, 6.45) is -6.73. The number of carbonyl (C=O) groups is 17. The number of aromatic amines is 1. The van der Waals surface area contributed by atoms with Crippen LogP contribution in [0.3, 0.4) is 0 Å². The van der Waals surface area contributed by atoms with Gasteiger partial charge in [0.25, 0.3) is 0 Å². The van der Waals surface area contributed by atoms with Crippen molar-refractivity contribution in [3.63, 3.8) is 0 Å². The fourth-order valence-corrected chi connectivity index (χ4v) is 14.1. The van der Waals surface area contributed by atoms with Gasteiger partial charge in [0, 0.05) is 51.4 Å². The molecule has 47 heteroatoms.